The summed E-state index contributed by atoms with van der Waals surface area (Å²) in [6, 6.07) is 7.48. The van der Waals surface area contributed by atoms with E-state index in [9.17, 15) is 26.9 Å². The number of likely N-dealkylation sites (tertiary alicyclic amines) is 1. The van der Waals surface area contributed by atoms with Crippen molar-refractivity contribution in [2.24, 2.45) is 0 Å². The Morgan fingerprint density at radius 1 is 1.12 bits per heavy atom. The molecule has 1 aromatic carbocycles. The predicted molar refractivity (Wildman–Crippen MR) is 142 cm³/mol. The number of imidazole rings is 1. The first kappa shape index (κ1) is 28.0. The fourth-order valence-corrected chi connectivity index (χ4v) is 6.01. The van der Waals surface area contributed by atoms with E-state index in [1.165, 1.54) is 21.4 Å². The Morgan fingerprint density at radius 2 is 1.85 bits per heavy atom. The van der Waals surface area contributed by atoms with Crippen LogP contribution in [-0.4, -0.2) is 75.6 Å². The van der Waals surface area contributed by atoms with Crippen LogP contribution in [0.25, 0.3) is 17.1 Å². The van der Waals surface area contributed by atoms with Gasteiger partial charge in [-0.1, -0.05) is 6.07 Å². The zero-order valence-corrected chi connectivity index (χ0v) is 22.7. The summed E-state index contributed by atoms with van der Waals surface area (Å²) in [4.78, 5) is 14.6. The highest BCUT2D eigenvalue weighted by atomic mass is 32.2. The van der Waals surface area contributed by atoms with Gasteiger partial charge in [-0.15, -0.1) is 0 Å². The predicted octanol–water partition coefficient (Wildman–Crippen LogP) is 3.65. The first-order chi connectivity index (χ1) is 19.0. The summed E-state index contributed by atoms with van der Waals surface area (Å²) in [6.07, 6.45) is 3.18. The van der Waals surface area contributed by atoms with Crippen LogP contribution in [0.4, 0.5) is 19.1 Å². The van der Waals surface area contributed by atoms with Crippen molar-refractivity contribution >= 4 is 16.0 Å². The molecule has 2 aliphatic rings. The Bertz CT molecular complexity index is 1520. The molecule has 2 aliphatic heterocycles. The number of alkyl halides is 3. The van der Waals surface area contributed by atoms with E-state index in [0.29, 0.717) is 37.2 Å². The van der Waals surface area contributed by atoms with Gasteiger partial charge in [-0.3, -0.25) is 4.90 Å². The molecule has 1 N–H and O–H groups in total. The number of piperidine rings is 1. The Labute approximate surface area is 230 Å². The normalized spacial score (nSPS) is 17.7. The lowest BCUT2D eigenvalue weighted by Gasteiger charge is -2.30. The number of rotatable bonds is 7. The van der Waals surface area contributed by atoms with Crippen LogP contribution < -0.4 is 5.32 Å². The molecule has 212 valence electrons. The van der Waals surface area contributed by atoms with Gasteiger partial charge >= 0.3 is 6.18 Å². The van der Waals surface area contributed by atoms with Crippen LogP contribution in [0.1, 0.15) is 42.4 Å². The standard InChI is InChI=1S/C26H29F3N8O2S/c1-40(38,39)37-10-6-20(7-11-37)33-25-31-14-21(26(27,28)29)24(34-25)22-16-36(17-32-22)23-5-4-18(12-19(23)13-30)15-35-8-2-3-9-35/h4-5,12,14,16-17,20H,2-3,6-11,15H2,1H3,(H,31,33,34). The third-order valence-corrected chi connectivity index (χ3v) is 8.54. The largest absolute Gasteiger partial charge is 0.420 e. The number of hydrogen-bond acceptors (Lipinski definition) is 8. The Hall–Kier alpha value is -3.54. The molecule has 2 fully saturated rings. The fraction of sp³-hybridized carbons (Fsp3) is 0.462. The number of nitrogens with one attached hydrogen (secondary N) is 1. The maximum Gasteiger partial charge on any atom is 0.420 e. The maximum atomic E-state index is 13.9. The number of nitriles is 1. The molecule has 5 rings (SSSR count). The van der Waals surface area contributed by atoms with Gasteiger partial charge in [0.25, 0.3) is 0 Å². The third-order valence-electron chi connectivity index (χ3n) is 7.24. The van der Waals surface area contributed by atoms with E-state index < -0.39 is 21.8 Å². The number of hydrogen-bond donors (Lipinski definition) is 1. The van der Waals surface area contributed by atoms with Crippen molar-refractivity contribution in [2.45, 2.75) is 44.4 Å². The molecule has 10 nitrogen and oxygen atoms in total. The second-order valence-electron chi connectivity index (χ2n) is 10.1. The summed E-state index contributed by atoms with van der Waals surface area (Å²) in [7, 11) is -3.30. The fourth-order valence-electron chi connectivity index (χ4n) is 5.14. The molecule has 2 saturated heterocycles. The van der Waals surface area contributed by atoms with Gasteiger partial charge in [0.2, 0.25) is 16.0 Å². The SMILES string of the molecule is CS(=O)(=O)N1CCC(Nc2ncc(C(F)(F)F)c(-c3cn(-c4ccc(CN5CCCC5)cc4C#N)cn3)n2)CC1. The smallest absolute Gasteiger partial charge is 0.351 e. The van der Waals surface area contributed by atoms with E-state index in [1.807, 2.05) is 6.07 Å². The number of anilines is 1. The van der Waals surface area contributed by atoms with Crippen molar-refractivity contribution in [3.63, 3.8) is 0 Å². The van der Waals surface area contributed by atoms with Crippen LogP contribution in [0.2, 0.25) is 0 Å². The summed E-state index contributed by atoms with van der Waals surface area (Å²) < 4.78 is 68.1. The van der Waals surface area contributed by atoms with Gasteiger partial charge in [-0.2, -0.15) is 18.4 Å². The minimum absolute atomic E-state index is 0.000616. The zero-order chi connectivity index (χ0) is 28.5. The van der Waals surface area contributed by atoms with Crippen molar-refractivity contribution in [2.75, 3.05) is 37.8 Å². The Kier molecular flexibility index (Phi) is 7.80. The molecule has 2 aromatic heterocycles. The van der Waals surface area contributed by atoms with E-state index in [-0.39, 0.29) is 23.4 Å². The molecule has 0 amide bonds. The first-order valence-electron chi connectivity index (χ1n) is 13.0. The first-order valence-corrected chi connectivity index (χ1v) is 14.8. The second kappa shape index (κ2) is 11.1. The number of sulfonamides is 1. The Balaban J connectivity index is 1.39. The molecule has 0 spiro atoms. The minimum atomic E-state index is -4.71. The van der Waals surface area contributed by atoms with Gasteiger partial charge < -0.3 is 9.88 Å². The zero-order valence-electron chi connectivity index (χ0n) is 21.9. The van der Waals surface area contributed by atoms with Crippen LogP contribution in [0, 0.1) is 11.3 Å². The lowest BCUT2D eigenvalue weighted by atomic mass is 10.1. The van der Waals surface area contributed by atoms with Gasteiger partial charge in [0, 0.05) is 38.1 Å². The van der Waals surface area contributed by atoms with Crippen molar-refractivity contribution in [3.05, 3.63) is 53.6 Å². The van der Waals surface area contributed by atoms with Crippen LogP contribution in [0.5, 0.6) is 0 Å². The van der Waals surface area contributed by atoms with E-state index in [1.54, 1.807) is 12.1 Å². The monoisotopic (exact) mass is 574 g/mol. The van der Waals surface area contributed by atoms with E-state index in [4.69, 9.17) is 0 Å². The van der Waals surface area contributed by atoms with Crippen LogP contribution in [-0.2, 0) is 22.7 Å². The molecule has 0 atom stereocenters. The van der Waals surface area contributed by atoms with Crippen molar-refractivity contribution < 1.29 is 21.6 Å². The number of nitrogens with zero attached hydrogens (tertiary/aromatic N) is 7. The number of halogens is 3. The number of benzene rings is 1. The van der Waals surface area contributed by atoms with Gasteiger partial charge in [-0.25, -0.2) is 27.7 Å². The van der Waals surface area contributed by atoms with Gasteiger partial charge in [-0.05, 0) is 56.5 Å². The topological polar surface area (TPSA) is 120 Å². The summed E-state index contributed by atoms with van der Waals surface area (Å²) in [6.45, 7) is 3.37. The molecule has 0 unspecified atom stereocenters. The highest BCUT2D eigenvalue weighted by molar-refractivity contribution is 7.88. The molecule has 0 bridgehead atoms. The van der Waals surface area contributed by atoms with E-state index in [2.05, 4.69) is 31.2 Å². The molecule has 3 aromatic rings. The van der Waals surface area contributed by atoms with Crippen molar-refractivity contribution in [3.8, 4) is 23.1 Å². The van der Waals surface area contributed by atoms with Crippen LogP contribution in [0.3, 0.4) is 0 Å². The molecular formula is C26H29F3N8O2S. The van der Waals surface area contributed by atoms with Gasteiger partial charge in [0.15, 0.2) is 0 Å². The molecular weight excluding hydrogens is 545 g/mol. The van der Waals surface area contributed by atoms with Crippen molar-refractivity contribution in [1.82, 2.24) is 28.7 Å². The quantitative estimate of drug-likeness (QED) is 0.454. The second-order valence-corrected chi connectivity index (χ2v) is 12.1. The molecule has 4 heterocycles. The lowest BCUT2D eigenvalue weighted by Crippen LogP contribution is -2.42. The van der Waals surface area contributed by atoms with Gasteiger partial charge in [0.05, 0.1) is 17.5 Å². The average Bonchev–Trinajstić information content (AvgIpc) is 3.60. The van der Waals surface area contributed by atoms with Crippen LogP contribution in [0.15, 0.2) is 36.9 Å². The van der Waals surface area contributed by atoms with Gasteiger partial charge in [0.1, 0.15) is 29.3 Å². The number of aromatic nitrogens is 4. The highest BCUT2D eigenvalue weighted by Crippen LogP contribution is 2.36. The van der Waals surface area contributed by atoms with Crippen LogP contribution >= 0.6 is 0 Å². The molecule has 14 heteroatoms. The molecule has 0 radical (unpaired) electrons. The average molecular weight is 575 g/mol. The summed E-state index contributed by atoms with van der Waals surface area (Å²) in [5.74, 6) is -0.000616. The van der Waals surface area contributed by atoms with E-state index >= 15 is 0 Å². The summed E-state index contributed by atoms with van der Waals surface area (Å²) >= 11 is 0. The lowest BCUT2D eigenvalue weighted by molar-refractivity contribution is -0.137. The summed E-state index contributed by atoms with van der Waals surface area (Å²) in [5.41, 5.74) is 0.454. The minimum Gasteiger partial charge on any atom is -0.351 e. The third kappa shape index (κ3) is 6.27. The molecule has 0 saturated carbocycles. The summed E-state index contributed by atoms with van der Waals surface area (Å²) in [5, 5.41) is 12.8. The van der Waals surface area contributed by atoms with Crippen molar-refractivity contribution in [1.29, 1.82) is 5.26 Å². The van der Waals surface area contributed by atoms with E-state index in [0.717, 1.165) is 50.5 Å². The molecule has 0 aliphatic carbocycles. The Morgan fingerprint density at radius 3 is 2.50 bits per heavy atom. The maximum absolute atomic E-state index is 13.9. The highest BCUT2D eigenvalue weighted by Gasteiger charge is 2.36. The molecule has 40 heavy (non-hydrogen) atoms.